The molecule has 0 unspecified atom stereocenters. The van der Waals surface area contributed by atoms with Crippen molar-refractivity contribution in [2.75, 3.05) is 26.0 Å². The molecule has 9 heteroatoms. The van der Waals surface area contributed by atoms with Crippen molar-refractivity contribution in [3.05, 3.63) is 44.9 Å². The highest BCUT2D eigenvalue weighted by Crippen LogP contribution is 2.40. The summed E-state index contributed by atoms with van der Waals surface area (Å²) in [6.45, 7) is 5.34. The minimum absolute atomic E-state index is 0.0539. The fraction of sp³-hybridized carbons (Fsp3) is 0.455. The average Bonchev–Trinajstić information content (AvgIpc) is 2.76. The first-order valence-corrected chi connectivity index (χ1v) is 11.8. The summed E-state index contributed by atoms with van der Waals surface area (Å²) in [6, 6.07) is 9.28. The van der Waals surface area contributed by atoms with E-state index >= 15 is 0 Å². The van der Waals surface area contributed by atoms with Crippen molar-refractivity contribution in [3.63, 3.8) is 0 Å². The van der Waals surface area contributed by atoms with E-state index in [2.05, 4.69) is 27.3 Å². The van der Waals surface area contributed by atoms with E-state index in [1.165, 1.54) is 7.11 Å². The molecule has 0 radical (unpaired) electrons. The Morgan fingerprint density at radius 2 is 1.97 bits per heavy atom. The maximum Gasteiger partial charge on any atom is 0.319 e. The molecule has 2 amide bonds. The molecule has 0 saturated heterocycles. The van der Waals surface area contributed by atoms with Crippen molar-refractivity contribution >= 4 is 45.5 Å². The number of amides is 2. The average molecular weight is 508 g/mol. The molecular weight excluding hydrogens is 482 g/mol. The van der Waals surface area contributed by atoms with Gasteiger partial charge >= 0.3 is 5.97 Å². The van der Waals surface area contributed by atoms with Gasteiger partial charge in [0.1, 0.15) is 5.92 Å². The number of carbonyl (C=O) groups excluding carboxylic acids is 3. The van der Waals surface area contributed by atoms with Crippen LogP contribution in [0.3, 0.4) is 0 Å². The highest BCUT2D eigenvalue weighted by atomic mass is 79.9. The number of nitriles is 1. The summed E-state index contributed by atoms with van der Waals surface area (Å²) < 4.78 is 5.60. The molecule has 0 bridgehead atoms. The molecule has 0 aromatic heterocycles. The number of nitrogens with one attached hydrogen (secondary N) is 1. The quantitative estimate of drug-likeness (QED) is 0.405. The SMILES string of the molecule is CCCN(CCC)C(=O)CSC1=C(C#N)[C@@H](c2cccc(Br)c2)[C@@H](C(=O)OC)C(=O)N1. The zero-order valence-electron chi connectivity index (χ0n) is 17.8. The van der Waals surface area contributed by atoms with Gasteiger partial charge < -0.3 is 15.0 Å². The van der Waals surface area contributed by atoms with Gasteiger partial charge in [0.15, 0.2) is 0 Å². The highest BCUT2D eigenvalue weighted by molar-refractivity contribution is 9.10. The minimum atomic E-state index is -1.19. The summed E-state index contributed by atoms with van der Waals surface area (Å²) in [7, 11) is 1.21. The van der Waals surface area contributed by atoms with Gasteiger partial charge in [-0.1, -0.05) is 53.7 Å². The molecule has 166 valence electrons. The Hall–Kier alpha value is -2.31. The van der Waals surface area contributed by atoms with Gasteiger partial charge in [0, 0.05) is 23.5 Å². The summed E-state index contributed by atoms with van der Waals surface area (Å²) in [5.41, 5.74) is 0.877. The fourth-order valence-corrected chi connectivity index (χ4v) is 4.87. The number of methoxy groups -OCH3 is 1. The third kappa shape index (κ3) is 6.11. The van der Waals surface area contributed by atoms with Crippen molar-refractivity contribution in [2.24, 2.45) is 5.92 Å². The van der Waals surface area contributed by atoms with Crippen molar-refractivity contribution in [3.8, 4) is 6.07 Å². The van der Waals surface area contributed by atoms with E-state index in [9.17, 15) is 19.6 Å². The molecule has 1 aliphatic heterocycles. The van der Waals surface area contributed by atoms with Gasteiger partial charge in [0.25, 0.3) is 0 Å². The molecule has 1 N–H and O–H groups in total. The molecule has 1 heterocycles. The normalized spacial score (nSPS) is 18.2. The van der Waals surface area contributed by atoms with E-state index < -0.39 is 23.7 Å². The number of ether oxygens (including phenoxy) is 1. The van der Waals surface area contributed by atoms with Gasteiger partial charge in [-0.05, 0) is 30.5 Å². The Labute approximate surface area is 195 Å². The monoisotopic (exact) mass is 507 g/mol. The zero-order chi connectivity index (χ0) is 23.0. The maximum absolute atomic E-state index is 12.8. The van der Waals surface area contributed by atoms with Crippen LogP contribution in [0.1, 0.15) is 38.2 Å². The lowest BCUT2D eigenvalue weighted by Gasteiger charge is -2.31. The Morgan fingerprint density at radius 1 is 1.29 bits per heavy atom. The van der Waals surface area contributed by atoms with Gasteiger partial charge in [0.05, 0.1) is 29.5 Å². The lowest BCUT2D eigenvalue weighted by molar-refractivity contribution is -0.150. The number of thioether (sulfide) groups is 1. The molecule has 0 saturated carbocycles. The molecular formula is C22H26BrN3O4S. The molecule has 0 aliphatic carbocycles. The van der Waals surface area contributed by atoms with Crippen LogP contribution in [0, 0.1) is 17.2 Å². The largest absolute Gasteiger partial charge is 0.468 e. The third-order valence-electron chi connectivity index (χ3n) is 4.87. The van der Waals surface area contributed by atoms with Crippen molar-refractivity contribution in [1.82, 2.24) is 10.2 Å². The van der Waals surface area contributed by atoms with Crippen LogP contribution in [0.2, 0.25) is 0 Å². The van der Waals surface area contributed by atoms with Crippen molar-refractivity contribution < 1.29 is 19.1 Å². The van der Waals surface area contributed by atoms with E-state index in [4.69, 9.17) is 4.74 Å². The lowest BCUT2D eigenvalue weighted by Crippen LogP contribution is -2.44. The Balaban J connectivity index is 2.41. The van der Waals surface area contributed by atoms with Crippen LogP contribution in [-0.2, 0) is 19.1 Å². The minimum Gasteiger partial charge on any atom is -0.468 e. The van der Waals surface area contributed by atoms with Crippen LogP contribution in [0.15, 0.2) is 39.3 Å². The maximum atomic E-state index is 12.8. The number of benzene rings is 1. The van der Waals surface area contributed by atoms with Crippen LogP contribution in [0.4, 0.5) is 0 Å². The van der Waals surface area contributed by atoms with E-state index in [0.29, 0.717) is 23.7 Å². The number of nitrogens with zero attached hydrogens (tertiary/aromatic N) is 2. The topological polar surface area (TPSA) is 99.5 Å². The number of hydrogen-bond acceptors (Lipinski definition) is 6. The van der Waals surface area contributed by atoms with E-state index in [1.807, 2.05) is 19.9 Å². The summed E-state index contributed by atoms with van der Waals surface area (Å²) in [5.74, 6) is -3.22. The van der Waals surface area contributed by atoms with Gasteiger partial charge in [-0.15, -0.1) is 0 Å². The third-order valence-corrected chi connectivity index (χ3v) is 6.37. The second-order valence-electron chi connectivity index (χ2n) is 7.05. The van der Waals surface area contributed by atoms with Gasteiger partial charge in [-0.3, -0.25) is 14.4 Å². The summed E-state index contributed by atoms with van der Waals surface area (Å²) in [6.07, 6.45) is 1.70. The van der Waals surface area contributed by atoms with Crippen LogP contribution in [0.5, 0.6) is 0 Å². The summed E-state index contributed by atoms with van der Waals surface area (Å²) in [5, 5.41) is 12.9. The predicted molar refractivity (Wildman–Crippen MR) is 123 cm³/mol. The van der Waals surface area contributed by atoms with E-state index in [0.717, 1.165) is 29.1 Å². The van der Waals surface area contributed by atoms with Crippen LogP contribution in [-0.4, -0.2) is 48.6 Å². The number of allylic oxidation sites excluding steroid dienone is 1. The molecule has 0 spiro atoms. The smallest absolute Gasteiger partial charge is 0.319 e. The molecule has 2 rings (SSSR count). The van der Waals surface area contributed by atoms with Gasteiger partial charge in [-0.25, -0.2) is 0 Å². The van der Waals surface area contributed by atoms with Crippen molar-refractivity contribution in [1.29, 1.82) is 5.26 Å². The summed E-state index contributed by atoms with van der Waals surface area (Å²) in [4.78, 5) is 39.7. The zero-order valence-corrected chi connectivity index (χ0v) is 20.2. The van der Waals surface area contributed by atoms with Crippen LogP contribution in [0.25, 0.3) is 0 Å². The Morgan fingerprint density at radius 3 is 2.52 bits per heavy atom. The van der Waals surface area contributed by atoms with Crippen molar-refractivity contribution in [2.45, 2.75) is 32.6 Å². The van der Waals surface area contributed by atoms with Crippen LogP contribution < -0.4 is 5.32 Å². The number of halogens is 1. The van der Waals surface area contributed by atoms with Gasteiger partial charge in [-0.2, -0.15) is 5.26 Å². The molecule has 31 heavy (non-hydrogen) atoms. The first-order valence-electron chi connectivity index (χ1n) is 10.1. The molecule has 0 fully saturated rings. The second-order valence-corrected chi connectivity index (χ2v) is 8.95. The summed E-state index contributed by atoms with van der Waals surface area (Å²) >= 11 is 4.52. The Kier molecular flexibility index (Phi) is 9.59. The highest BCUT2D eigenvalue weighted by Gasteiger charge is 2.44. The second kappa shape index (κ2) is 11.9. The lowest BCUT2D eigenvalue weighted by atomic mass is 9.78. The molecule has 7 nitrogen and oxygen atoms in total. The fourth-order valence-electron chi connectivity index (χ4n) is 3.51. The first-order chi connectivity index (χ1) is 14.9. The number of rotatable bonds is 9. The number of carbonyl (C=O) groups is 3. The van der Waals surface area contributed by atoms with Gasteiger partial charge in [0.2, 0.25) is 11.8 Å². The molecule has 2 atom stereocenters. The number of hydrogen-bond donors (Lipinski definition) is 1. The first kappa shape index (κ1) is 25.0. The van der Waals surface area contributed by atoms with E-state index in [1.54, 1.807) is 23.1 Å². The number of esters is 1. The Bertz CT molecular complexity index is 906. The molecule has 1 aliphatic rings. The molecule has 1 aromatic carbocycles. The predicted octanol–water partition coefficient (Wildman–Crippen LogP) is 3.57. The van der Waals surface area contributed by atoms with Crippen LogP contribution >= 0.6 is 27.7 Å². The van der Waals surface area contributed by atoms with E-state index in [-0.39, 0.29) is 17.2 Å². The molecule has 1 aromatic rings. The standard InChI is InChI=1S/C22H26BrN3O4S/c1-4-9-26(10-5-2)17(27)13-31-21-16(12-24)18(14-7-6-8-15(23)11-14)19(20(28)25-21)22(29)30-3/h6-8,11,18-19H,4-5,9-10,13H2,1-3H3,(H,25,28)/t18-,19-/m1/s1.